The van der Waals surface area contributed by atoms with Crippen molar-refractivity contribution in [1.82, 2.24) is 10.2 Å². The van der Waals surface area contributed by atoms with Crippen LogP contribution in [0.25, 0.3) is 0 Å². The summed E-state index contributed by atoms with van der Waals surface area (Å²) in [6.45, 7) is 3.32. The topological polar surface area (TPSA) is 67.9 Å². The normalized spacial score (nSPS) is 11.9. The second-order valence-corrected chi connectivity index (χ2v) is 6.05. The van der Waals surface area contributed by atoms with Crippen LogP contribution in [-0.4, -0.2) is 36.6 Å². The van der Waals surface area contributed by atoms with E-state index in [1.54, 1.807) is 23.1 Å². The molecule has 0 spiro atoms. The minimum absolute atomic E-state index is 0.0416. The van der Waals surface area contributed by atoms with Gasteiger partial charge in [-0.2, -0.15) is 0 Å². The second kappa shape index (κ2) is 8.38. The van der Waals surface area contributed by atoms with E-state index in [1.165, 1.54) is 0 Å². The Bertz CT molecular complexity index is 777. The molecule has 0 saturated heterocycles. The van der Waals surface area contributed by atoms with Crippen LogP contribution >= 0.6 is 0 Å². The fourth-order valence-electron chi connectivity index (χ4n) is 2.77. The zero-order valence-electron chi connectivity index (χ0n) is 14.7. The number of amides is 2. The molecule has 0 unspecified atom stereocenters. The third kappa shape index (κ3) is 4.33. The van der Waals surface area contributed by atoms with E-state index in [2.05, 4.69) is 5.32 Å². The summed E-state index contributed by atoms with van der Waals surface area (Å²) in [6, 6.07) is 14.8. The van der Waals surface area contributed by atoms with Crippen LogP contribution in [0.15, 0.2) is 48.5 Å². The minimum atomic E-state index is -0.312. The molecule has 0 aliphatic carbocycles. The van der Waals surface area contributed by atoms with Gasteiger partial charge in [0.2, 0.25) is 12.7 Å². The lowest BCUT2D eigenvalue weighted by Gasteiger charge is -2.22. The van der Waals surface area contributed by atoms with Crippen molar-refractivity contribution in [3.63, 3.8) is 0 Å². The summed E-state index contributed by atoms with van der Waals surface area (Å²) in [5.74, 6) is 0.743. The number of nitrogens with one attached hydrogen (secondary N) is 1. The maximum absolute atomic E-state index is 12.5. The Morgan fingerprint density at radius 1 is 1.08 bits per heavy atom. The van der Waals surface area contributed by atoms with Crippen molar-refractivity contribution in [3.05, 3.63) is 59.7 Å². The Hall–Kier alpha value is -3.02. The van der Waals surface area contributed by atoms with E-state index in [4.69, 9.17) is 9.47 Å². The standard InChI is InChI=1S/C20H22N2O4/c1-2-10-22(13-15-6-4-3-5-7-15)19(23)12-21-20(24)16-8-9-17-18(11-16)26-14-25-17/h3-9,11H,2,10,12-14H2,1H3,(H,21,24). The summed E-state index contributed by atoms with van der Waals surface area (Å²) in [5.41, 5.74) is 1.50. The molecule has 136 valence electrons. The molecule has 0 atom stereocenters. The summed E-state index contributed by atoms with van der Waals surface area (Å²) in [6.07, 6.45) is 0.856. The molecule has 1 aliphatic rings. The number of nitrogens with zero attached hydrogens (tertiary/aromatic N) is 1. The van der Waals surface area contributed by atoms with Crippen LogP contribution in [0.3, 0.4) is 0 Å². The Kier molecular flexibility index (Phi) is 5.73. The highest BCUT2D eigenvalue weighted by molar-refractivity contribution is 5.97. The first-order valence-corrected chi connectivity index (χ1v) is 8.67. The average Bonchev–Trinajstić information content (AvgIpc) is 3.14. The second-order valence-electron chi connectivity index (χ2n) is 6.05. The molecule has 6 heteroatoms. The molecule has 1 N–H and O–H groups in total. The van der Waals surface area contributed by atoms with Gasteiger partial charge in [-0.25, -0.2) is 0 Å². The molecular formula is C20H22N2O4. The predicted molar refractivity (Wildman–Crippen MR) is 97.0 cm³/mol. The van der Waals surface area contributed by atoms with Gasteiger partial charge in [0.25, 0.3) is 5.91 Å². The highest BCUT2D eigenvalue weighted by Crippen LogP contribution is 2.32. The summed E-state index contributed by atoms with van der Waals surface area (Å²) < 4.78 is 10.5. The van der Waals surface area contributed by atoms with Gasteiger partial charge in [-0.15, -0.1) is 0 Å². The SMILES string of the molecule is CCCN(Cc1ccccc1)C(=O)CNC(=O)c1ccc2c(c1)OCO2. The van der Waals surface area contributed by atoms with Gasteiger partial charge in [-0.1, -0.05) is 37.3 Å². The molecule has 1 aliphatic heterocycles. The van der Waals surface area contributed by atoms with Crippen molar-refractivity contribution in [3.8, 4) is 11.5 Å². The quantitative estimate of drug-likeness (QED) is 0.830. The highest BCUT2D eigenvalue weighted by atomic mass is 16.7. The lowest BCUT2D eigenvalue weighted by atomic mass is 10.2. The van der Waals surface area contributed by atoms with Crippen molar-refractivity contribution >= 4 is 11.8 Å². The monoisotopic (exact) mass is 354 g/mol. The number of hydrogen-bond acceptors (Lipinski definition) is 4. The van der Waals surface area contributed by atoms with Crippen molar-refractivity contribution in [2.24, 2.45) is 0 Å². The molecule has 2 amide bonds. The average molecular weight is 354 g/mol. The zero-order chi connectivity index (χ0) is 18.4. The largest absolute Gasteiger partial charge is 0.454 e. The van der Waals surface area contributed by atoms with Crippen molar-refractivity contribution in [1.29, 1.82) is 0 Å². The minimum Gasteiger partial charge on any atom is -0.454 e. The van der Waals surface area contributed by atoms with E-state index >= 15 is 0 Å². The van der Waals surface area contributed by atoms with Crippen molar-refractivity contribution in [2.45, 2.75) is 19.9 Å². The molecule has 0 radical (unpaired) electrons. The van der Waals surface area contributed by atoms with Crippen molar-refractivity contribution < 1.29 is 19.1 Å². The predicted octanol–water partition coefficient (Wildman–Crippen LogP) is 2.58. The van der Waals surface area contributed by atoms with Gasteiger partial charge in [-0.3, -0.25) is 9.59 Å². The van der Waals surface area contributed by atoms with Gasteiger partial charge in [0.15, 0.2) is 11.5 Å². The number of ether oxygens (including phenoxy) is 2. The zero-order valence-corrected chi connectivity index (χ0v) is 14.7. The number of carbonyl (C=O) groups is 2. The van der Waals surface area contributed by atoms with Crippen LogP contribution in [0.1, 0.15) is 29.3 Å². The van der Waals surface area contributed by atoms with E-state index in [-0.39, 0.29) is 25.2 Å². The first-order valence-electron chi connectivity index (χ1n) is 8.67. The summed E-state index contributed by atoms with van der Waals surface area (Å²) >= 11 is 0. The molecular weight excluding hydrogens is 332 g/mol. The molecule has 0 bridgehead atoms. The van der Waals surface area contributed by atoms with Crippen molar-refractivity contribution in [2.75, 3.05) is 19.9 Å². The van der Waals surface area contributed by atoms with E-state index in [0.29, 0.717) is 30.2 Å². The third-order valence-corrected chi connectivity index (χ3v) is 4.10. The first-order chi connectivity index (χ1) is 12.7. The molecule has 2 aromatic rings. The van der Waals surface area contributed by atoms with Gasteiger partial charge in [0, 0.05) is 18.7 Å². The van der Waals surface area contributed by atoms with Crippen LogP contribution < -0.4 is 14.8 Å². The molecule has 1 heterocycles. The fraction of sp³-hybridized carbons (Fsp3) is 0.300. The summed E-state index contributed by atoms with van der Waals surface area (Å²) in [4.78, 5) is 26.6. The van der Waals surface area contributed by atoms with Crippen LogP contribution in [0.2, 0.25) is 0 Å². The van der Waals surface area contributed by atoms with Crippen LogP contribution in [0.5, 0.6) is 11.5 Å². The Morgan fingerprint density at radius 2 is 1.85 bits per heavy atom. The molecule has 26 heavy (non-hydrogen) atoms. The Balaban J connectivity index is 1.58. The third-order valence-electron chi connectivity index (χ3n) is 4.10. The Morgan fingerprint density at radius 3 is 2.62 bits per heavy atom. The molecule has 0 saturated carbocycles. The van der Waals surface area contributed by atoms with Crippen LogP contribution in [-0.2, 0) is 11.3 Å². The maximum Gasteiger partial charge on any atom is 0.251 e. The van der Waals surface area contributed by atoms with Gasteiger partial charge in [0.05, 0.1) is 6.54 Å². The number of benzene rings is 2. The number of hydrogen-bond donors (Lipinski definition) is 1. The summed E-state index contributed by atoms with van der Waals surface area (Å²) in [7, 11) is 0. The first kappa shape index (κ1) is 17.8. The van der Waals surface area contributed by atoms with Crippen LogP contribution in [0.4, 0.5) is 0 Å². The summed E-state index contributed by atoms with van der Waals surface area (Å²) in [5, 5.41) is 2.69. The number of fused-ring (bicyclic) bond motifs is 1. The molecule has 0 fully saturated rings. The number of carbonyl (C=O) groups excluding carboxylic acids is 2. The number of rotatable bonds is 7. The van der Waals surface area contributed by atoms with Gasteiger partial charge in [-0.05, 0) is 30.2 Å². The van der Waals surface area contributed by atoms with Crippen LogP contribution in [0, 0.1) is 0 Å². The molecule has 6 nitrogen and oxygen atoms in total. The van der Waals surface area contributed by atoms with Gasteiger partial charge in [0.1, 0.15) is 0 Å². The lowest BCUT2D eigenvalue weighted by molar-refractivity contribution is -0.130. The maximum atomic E-state index is 12.5. The van der Waals surface area contributed by atoms with E-state index < -0.39 is 0 Å². The lowest BCUT2D eigenvalue weighted by Crippen LogP contribution is -2.40. The van der Waals surface area contributed by atoms with E-state index in [0.717, 1.165) is 12.0 Å². The smallest absolute Gasteiger partial charge is 0.251 e. The fourth-order valence-corrected chi connectivity index (χ4v) is 2.77. The molecule has 3 rings (SSSR count). The van der Waals surface area contributed by atoms with Gasteiger partial charge < -0.3 is 19.7 Å². The Labute approximate surface area is 152 Å². The molecule has 0 aromatic heterocycles. The van der Waals surface area contributed by atoms with E-state index in [1.807, 2.05) is 37.3 Å². The molecule has 2 aromatic carbocycles. The van der Waals surface area contributed by atoms with E-state index in [9.17, 15) is 9.59 Å². The van der Waals surface area contributed by atoms with Gasteiger partial charge >= 0.3 is 0 Å². The highest BCUT2D eigenvalue weighted by Gasteiger charge is 2.18.